The molecule has 2 rings (SSSR count). The highest BCUT2D eigenvalue weighted by molar-refractivity contribution is 8.01. The Kier molecular flexibility index (Phi) is 7.70. The minimum atomic E-state index is -0.499. The van der Waals surface area contributed by atoms with Gasteiger partial charge in [-0.15, -0.1) is 5.10 Å². The number of benzene rings is 1. The average molecular weight is 437 g/mol. The number of rotatable bonds is 6. The molecule has 0 saturated carbocycles. The number of urea groups is 1. The van der Waals surface area contributed by atoms with Gasteiger partial charge in [-0.25, -0.2) is 9.48 Å². The van der Waals surface area contributed by atoms with Crippen molar-refractivity contribution >= 4 is 70.5 Å². The molecule has 1 aromatic heterocycles. The van der Waals surface area contributed by atoms with E-state index in [1.807, 2.05) is 6.92 Å². The number of aromatic nitrogens is 2. The molecule has 0 aliphatic heterocycles. The maximum atomic E-state index is 11.8. The first-order valence-corrected chi connectivity index (χ1v) is 10.1. The smallest absolute Gasteiger partial charge is 0.321 e. The van der Waals surface area contributed by atoms with Gasteiger partial charge in [-0.2, -0.15) is 0 Å². The third-order valence-corrected chi connectivity index (χ3v) is 5.90. The van der Waals surface area contributed by atoms with Crippen LogP contribution < -0.4 is 10.6 Å². The number of imide groups is 1. The first-order chi connectivity index (χ1) is 11.9. The molecule has 134 valence electrons. The number of carbonyl (C=O) groups is 2. The molecule has 2 aromatic rings. The molecule has 0 aliphatic rings. The molecule has 0 unspecified atom stereocenters. The zero-order valence-electron chi connectivity index (χ0n) is 13.0. The van der Waals surface area contributed by atoms with Crippen LogP contribution >= 0.6 is 58.5 Å². The van der Waals surface area contributed by atoms with Gasteiger partial charge < -0.3 is 5.32 Å². The van der Waals surface area contributed by atoms with Crippen molar-refractivity contribution in [3.63, 3.8) is 0 Å². The summed E-state index contributed by atoms with van der Waals surface area (Å²) in [6.07, 6.45) is 0.797. The maximum Gasteiger partial charge on any atom is 0.321 e. The fourth-order valence-electron chi connectivity index (χ4n) is 1.67. The third-order valence-electron chi connectivity index (χ3n) is 2.79. The van der Waals surface area contributed by atoms with Crippen molar-refractivity contribution in [2.75, 3.05) is 12.3 Å². The monoisotopic (exact) mass is 436 g/mol. The van der Waals surface area contributed by atoms with Crippen molar-refractivity contribution < 1.29 is 9.59 Å². The zero-order valence-corrected chi connectivity index (χ0v) is 17.0. The Morgan fingerprint density at radius 2 is 2.12 bits per heavy atom. The van der Waals surface area contributed by atoms with Crippen molar-refractivity contribution in [3.05, 3.63) is 32.2 Å². The molecular formula is C14H14Cl2N4O2S3. The highest BCUT2D eigenvalue weighted by Gasteiger charge is 2.12. The highest BCUT2D eigenvalue weighted by atomic mass is 35.5. The molecule has 0 saturated heterocycles. The predicted octanol–water partition coefficient (Wildman–Crippen LogP) is 4.30. The van der Waals surface area contributed by atoms with Gasteiger partial charge in [-0.1, -0.05) is 53.2 Å². The van der Waals surface area contributed by atoms with Crippen LogP contribution in [0.5, 0.6) is 0 Å². The van der Waals surface area contributed by atoms with E-state index in [2.05, 4.69) is 15.7 Å². The highest BCUT2D eigenvalue weighted by Crippen LogP contribution is 2.27. The van der Waals surface area contributed by atoms with Gasteiger partial charge in [0.05, 0.1) is 21.5 Å². The van der Waals surface area contributed by atoms with Crippen LogP contribution in [0.3, 0.4) is 0 Å². The summed E-state index contributed by atoms with van der Waals surface area (Å²) in [5.41, 5.74) is 0.686. The second-order valence-corrected chi connectivity index (χ2v) is 8.40. The van der Waals surface area contributed by atoms with Crippen LogP contribution in [-0.2, 0) is 4.79 Å². The number of halogens is 2. The average Bonchev–Trinajstić information content (AvgIpc) is 2.94. The van der Waals surface area contributed by atoms with Gasteiger partial charge in [0.15, 0.2) is 8.29 Å². The van der Waals surface area contributed by atoms with E-state index in [0.29, 0.717) is 30.6 Å². The van der Waals surface area contributed by atoms with Crippen molar-refractivity contribution in [2.24, 2.45) is 0 Å². The lowest BCUT2D eigenvalue weighted by molar-refractivity contribution is -0.117. The Morgan fingerprint density at radius 1 is 1.36 bits per heavy atom. The Bertz CT molecular complexity index is 838. The van der Waals surface area contributed by atoms with Crippen molar-refractivity contribution in [2.45, 2.75) is 17.7 Å². The van der Waals surface area contributed by atoms with Crippen LogP contribution in [0, 0.1) is 3.95 Å². The van der Waals surface area contributed by atoms with Crippen LogP contribution in [0.1, 0.15) is 13.3 Å². The second kappa shape index (κ2) is 9.54. The van der Waals surface area contributed by atoms with Gasteiger partial charge in [0.25, 0.3) is 0 Å². The molecule has 1 aromatic carbocycles. The topological polar surface area (TPSA) is 76.0 Å². The van der Waals surface area contributed by atoms with Gasteiger partial charge in [-0.05, 0) is 36.8 Å². The molecule has 2 N–H and O–H groups in total. The van der Waals surface area contributed by atoms with E-state index in [9.17, 15) is 9.59 Å². The first kappa shape index (κ1) is 20.2. The van der Waals surface area contributed by atoms with Gasteiger partial charge in [0.1, 0.15) is 0 Å². The summed E-state index contributed by atoms with van der Waals surface area (Å²) < 4.78 is 2.68. The van der Waals surface area contributed by atoms with Gasteiger partial charge in [-0.3, -0.25) is 10.1 Å². The van der Waals surface area contributed by atoms with E-state index in [1.54, 1.807) is 22.9 Å². The molecule has 1 heterocycles. The second-order valence-electron chi connectivity index (χ2n) is 4.74. The van der Waals surface area contributed by atoms with E-state index in [0.717, 1.165) is 6.42 Å². The molecule has 25 heavy (non-hydrogen) atoms. The summed E-state index contributed by atoms with van der Waals surface area (Å²) in [6, 6.07) is 4.58. The number of carbonyl (C=O) groups excluding carboxylic acids is 2. The lowest BCUT2D eigenvalue weighted by Crippen LogP contribution is -2.40. The van der Waals surface area contributed by atoms with Crippen molar-refractivity contribution in [1.29, 1.82) is 0 Å². The summed E-state index contributed by atoms with van der Waals surface area (Å²) in [5, 5.41) is 10.0. The molecule has 11 heteroatoms. The molecule has 0 radical (unpaired) electrons. The Morgan fingerprint density at radius 3 is 2.80 bits per heavy atom. The molecular weight excluding hydrogens is 423 g/mol. The molecule has 0 fully saturated rings. The lowest BCUT2D eigenvalue weighted by atomic mass is 10.3. The van der Waals surface area contributed by atoms with Gasteiger partial charge >= 0.3 is 6.03 Å². The fraction of sp³-hybridized carbons (Fsp3) is 0.286. The van der Waals surface area contributed by atoms with Crippen LogP contribution in [0.2, 0.25) is 10.0 Å². The van der Waals surface area contributed by atoms with Crippen LogP contribution in [0.15, 0.2) is 22.5 Å². The van der Waals surface area contributed by atoms with Gasteiger partial charge in [0, 0.05) is 6.54 Å². The molecule has 0 spiro atoms. The zero-order chi connectivity index (χ0) is 18.4. The summed E-state index contributed by atoms with van der Waals surface area (Å²) in [6.45, 7) is 2.44. The van der Waals surface area contributed by atoms with Crippen LogP contribution in [0.25, 0.3) is 5.69 Å². The summed E-state index contributed by atoms with van der Waals surface area (Å²) in [4.78, 5) is 23.2. The van der Waals surface area contributed by atoms with Crippen LogP contribution in [-0.4, -0.2) is 34.0 Å². The van der Waals surface area contributed by atoms with Crippen LogP contribution in [0.4, 0.5) is 4.79 Å². The largest absolute Gasteiger partial charge is 0.338 e. The van der Waals surface area contributed by atoms with E-state index < -0.39 is 11.9 Å². The molecule has 0 bridgehead atoms. The fourth-order valence-corrected chi connectivity index (χ4v) is 4.13. The predicted molar refractivity (Wildman–Crippen MR) is 105 cm³/mol. The number of hydrogen-bond acceptors (Lipinski definition) is 6. The van der Waals surface area contributed by atoms with Crippen molar-refractivity contribution in [3.8, 4) is 5.69 Å². The summed E-state index contributed by atoms with van der Waals surface area (Å²) >= 11 is 19.7. The van der Waals surface area contributed by atoms with E-state index in [1.165, 1.54) is 23.1 Å². The van der Waals surface area contributed by atoms with E-state index in [-0.39, 0.29) is 5.75 Å². The first-order valence-electron chi connectivity index (χ1n) is 7.16. The molecule has 3 amide bonds. The Labute approximate surface area is 167 Å². The standard InChI is InChI=1S/C14H14Cl2N4O2S3/c1-2-5-17-12(22)18-11(21)7-24-13-19-20(14(23)25-13)8-3-4-9(15)10(16)6-8/h3-4,6H,2,5,7H2,1H3,(H2,17,18,21,22). The number of nitrogens with one attached hydrogen (secondary N) is 2. The quantitative estimate of drug-likeness (QED) is 0.521. The van der Waals surface area contributed by atoms with Crippen molar-refractivity contribution in [1.82, 2.24) is 20.4 Å². The third kappa shape index (κ3) is 5.96. The number of hydrogen-bond donors (Lipinski definition) is 2. The van der Waals surface area contributed by atoms with E-state index in [4.69, 9.17) is 35.4 Å². The Hall–Kier alpha value is -1.13. The minimum Gasteiger partial charge on any atom is -0.338 e. The minimum absolute atomic E-state index is 0.0587. The summed E-state index contributed by atoms with van der Waals surface area (Å²) in [5.74, 6) is -0.343. The Balaban J connectivity index is 1.98. The maximum absolute atomic E-state index is 11.8. The van der Waals surface area contributed by atoms with E-state index >= 15 is 0 Å². The molecule has 6 nitrogen and oxygen atoms in total. The van der Waals surface area contributed by atoms with Gasteiger partial charge in [0.2, 0.25) is 5.91 Å². The molecule has 0 aliphatic carbocycles. The normalized spacial score (nSPS) is 10.5. The number of nitrogens with zero attached hydrogens (tertiary/aromatic N) is 2. The lowest BCUT2D eigenvalue weighted by Gasteiger charge is -2.04. The number of thioether (sulfide) groups is 1. The SMILES string of the molecule is CCCNC(=O)NC(=O)CSc1nn(-c2ccc(Cl)c(Cl)c2)c(=S)s1. The number of amides is 3. The molecule has 0 atom stereocenters. The summed E-state index contributed by atoms with van der Waals surface area (Å²) in [7, 11) is 0.